The van der Waals surface area contributed by atoms with Gasteiger partial charge in [-0.25, -0.2) is 4.68 Å². The minimum absolute atomic E-state index is 0.0934. The highest BCUT2D eigenvalue weighted by molar-refractivity contribution is 9.10. The molecule has 0 aliphatic heterocycles. The smallest absolute Gasteiger partial charge is 0.319 e. The van der Waals surface area contributed by atoms with Gasteiger partial charge in [-0.2, -0.15) is 0 Å². The highest BCUT2D eigenvalue weighted by atomic mass is 79.9. The van der Waals surface area contributed by atoms with Gasteiger partial charge < -0.3 is 10.6 Å². The third-order valence-electron chi connectivity index (χ3n) is 4.72. The van der Waals surface area contributed by atoms with Crippen LogP contribution in [0.25, 0.3) is 10.9 Å². The first-order chi connectivity index (χ1) is 16.2. The van der Waals surface area contributed by atoms with Gasteiger partial charge in [0.25, 0.3) is 5.91 Å². The molecule has 4 aromatic rings. The predicted molar refractivity (Wildman–Crippen MR) is 141 cm³/mol. The van der Waals surface area contributed by atoms with E-state index in [0.717, 1.165) is 8.95 Å². The second-order valence-electron chi connectivity index (χ2n) is 7.02. The number of benzene rings is 3. The fourth-order valence-corrected chi connectivity index (χ4v) is 4.43. The van der Waals surface area contributed by atoms with E-state index < -0.39 is 17.7 Å². The Morgan fingerprint density at radius 2 is 1.41 bits per heavy atom. The van der Waals surface area contributed by atoms with Crippen LogP contribution in [0, 0.1) is 0 Å². The van der Waals surface area contributed by atoms with Crippen molar-refractivity contribution in [2.75, 3.05) is 16.1 Å². The molecule has 0 saturated carbocycles. The van der Waals surface area contributed by atoms with Crippen LogP contribution < -0.4 is 16.1 Å². The van der Waals surface area contributed by atoms with Crippen LogP contribution in [0.1, 0.15) is 10.5 Å². The van der Waals surface area contributed by atoms with Gasteiger partial charge in [0.2, 0.25) is 0 Å². The van der Waals surface area contributed by atoms with E-state index in [-0.39, 0.29) is 16.4 Å². The molecule has 3 amide bonds. The summed E-state index contributed by atoms with van der Waals surface area (Å²) in [7, 11) is 0. The van der Waals surface area contributed by atoms with E-state index >= 15 is 0 Å². The number of rotatable bonds is 4. The van der Waals surface area contributed by atoms with Crippen LogP contribution in [-0.2, 0) is 9.59 Å². The van der Waals surface area contributed by atoms with E-state index in [9.17, 15) is 14.4 Å². The first kappa shape index (κ1) is 24.3. The van der Waals surface area contributed by atoms with Crippen molar-refractivity contribution in [3.63, 3.8) is 0 Å². The van der Waals surface area contributed by atoms with Crippen molar-refractivity contribution in [1.29, 1.82) is 0 Å². The van der Waals surface area contributed by atoms with Crippen LogP contribution in [0.15, 0.2) is 75.7 Å². The molecular formula is C23H14Br2Cl2N4O3. The lowest BCUT2D eigenvalue weighted by Gasteiger charge is -2.13. The lowest BCUT2D eigenvalue weighted by Crippen LogP contribution is -2.36. The summed E-state index contributed by atoms with van der Waals surface area (Å²) in [6.45, 7) is 0. The Kier molecular flexibility index (Phi) is 7.27. The lowest BCUT2D eigenvalue weighted by atomic mass is 10.2. The van der Waals surface area contributed by atoms with Gasteiger partial charge in [-0.15, -0.1) is 0 Å². The van der Waals surface area contributed by atoms with Gasteiger partial charge in [-0.3, -0.25) is 19.8 Å². The highest BCUT2D eigenvalue weighted by Gasteiger charge is 2.22. The largest absolute Gasteiger partial charge is 0.328 e. The van der Waals surface area contributed by atoms with E-state index in [1.165, 1.54) is 4.68 Å². The van der Waals surface area contributed by atoms with E-state index in [1.54, 1.807) is 66.7 Å². The second kappa shape index (κ2) is 10.2. The summed E-state index contributed by atoms with van der Waals surface area (Å²) >= 11 is 19.0. The van der Waals surface area contributed by atoms with E-state index in [4.69, 9.17) is 23.2 Å². The number of anilines is 2. The molecule has 0 aliphatic carbocycles. The minimum atomic E-state index is -0.994. The third-order valence-corrected chi connectivity index (χ3v) is 6.35. The van der Waals surface area contributed by atoms with Crippen molar-refractivity contribution in [2.45, 2.75) is 0 Å². The average Bonchev–Trinajstić information content (AvgIpc) is 3.14. The van der Waals surface area contributed by atoms with Crippen molar-refractivity contribution >= 4 is 95.1 Å². The van der Waals surface area contributed by atoms with E-state index in [2.05, 4.69) is 47.9 Å². The normalized spacial score (nSPS) is 10.7. The van der Waals surface area contributed by atoms with Gasteiger partial charge in [-0.1, -0.05) is 67.2 Å². The summed E-state index contributed by atoms with van der Waals surface area (Å²) in [5.41, 5.74) is 3.76. The molecule has 34 heavy (non-hydrogen) atoms. The summed E-state index contributed by atoms with van der Waals surface area (Å²) in [6, 6.07) is 18.4. The van der Waals surface area contributed by atoms with Crippen molar-refractivity contribution in [3.05, 3.63) is 91.4 Å². The molecule has 7 nitrogen and oxygen atoms in total. The fourth-order valence-electron chi connectivity index (χ4n) is 3.14. The number of carbonyl (C=O) groups is 3. The van der Waals surface area contributed by atoms with Crippen LogP contribution in [0.4, 0.5) is 11.4 Å². The Morgan fingerprint density at radius 1 is 0.735 bits per heavy atom. The number of hydrogen-bond donors (Lipinski definition) is 3. The molecule has 0 saturated heterocycles. The predicted octanol–water partition coefficient (Wildman–Crippen LogP) is 6.43. The Bertz CT molecular complexity index is 1460. The molecule has 0 aliphatic rings. The topological polar surface area (TPSA) is 92.2 Å². The lowest BCUT2D eigenvalue weighted by molar-refractivity contribution is -0.133. The molecule has 11 heteroatoms. The summed E-state index contributed by atoms with van der Waals surface area (Å²) in [5, 5.41) is 6.46. The molecular weight excluding hydrogens is 611 g/mol. The molecule has 172 valence electrons. The molecule has 4 rings (SSSR count). The molecule has 0 fully saturated rings. The maximum absolute atomic E-state index is 13.1. The van der Waals surface area contributed by atoms with Crippen molar-refractivity contribution in [3.8, 4) is 0 Å². The maximum Gasteiger partial charge on any atom is 0.328 e. The van der Waals surface area contributed by atoms with Crippen LogP contribution in [0.2, 0.25) is 10.0 Å². The van der Waals surface area contributed by atoms with Crippen LogP contribution in [0.5, 0.6) is 0 Å². The van der Waals surface area contributed by atoms with Gasteiger partial charge in [0.1, 0.15) is 5.69 Å². The molecule has 0 unspecified atom stereocenters. The minimum Gasteiger partial charge on any atom is -0.319 e. The van der Waals surface area contributed by atoms with Gasteiger partial charge >= 0.3 is 11.8 Å². The van der Waals surface area contributed by atoms with Gasteiger partial charge in [0.05, 0.1) is 26.9 Å². The molecule has 0 radical (unpaired) electrons. The SMILES string of the molecule is O=C(Nc1ccc(Br)cc1Cl)C(=O)Nn1c(C(=O)Nc2ccccc2Cl)cc2cc(Br)ccc21. The number of hydrogen-bond acceptors (Lipinski definition) is 3. The number of halogens is 4. The average molecular weight is 625 g/mol. The van der Waals surface area contributed by atoms with E-state index in [1.807, 2.05) is 0 Å². The van der Waals surface area contributed by atoms with Gasteiger partial charge in [-0.05, 0) is 54.6 Å². The number of amides is 3. The van der Waals surface area contributed by atoms with Crippen molar-refractivity contribution in [2.24, 2.45) is 0 Å². The second-order valence-corrected chi connectivity index (χ2v) is 9.67. The standard InChI is InChI=1S/C23H14Br2Cl2N4O3/c24-13-6-8-19-12(9-13)10-20(21(32)28-17-4-2-1-3-15(17)26)31(19)30-23(34)22(33)29-18-7-5-14(25)11-16(18)27/h1-11H,(H,28,32)(H,29,33)(H,30,34). The Morgan fingerprint density at radius 3 is 2.15 bits per heavy atom. The first-order valence-corrected chi connectivity index (χ1v) is 12.0. The molecule has 3 aromatic carbocycles. The number of nitrogens with zero attached hydrogens (tertiary/aromatic N) is 1. The van der Waals surface area contributed by atoms with Gasteiger partial charge in [0.15, 0.2) is 0 Å². The van der Waals surface area contributed by atoms with Crippen LogP contribution in [-0.4, -0.2) is 22.4 Å². The molecule has 1 aromatic heterocycles. The zero-order valence-corrected chi connectivity index (χ0v) is 21.7. The zero-order valence-electron chi connectivity index (χ0n) is 17.0. The third kappa shape index (κ3) is 5.28. The summed E-state index contributed by atoms with van der Waals surface area (Å²) in [6.07, 6.45) is 0. The Balaban J connectivity index is 1.64. The fraction of sp³-hybridized carbons (Fsp3) is 0. The van der Waals surface area contributed by atoms with Gasteiger partial charge in [0, 0.05) is 14.3 Å². The van der Waals surface area contributed by atoms with Crippen molar-refractivity contribution in [1.82, 2.24) is 4.68 Å². The number of nitrogens with one attached hydrogen (secondary N) is 3. The molecule has 0 bridgehead atoms. The molecule has 0 spiro atoms. The summed E-state index contributed by atoms with van der Waals surface area (Å²) < 4.78 is 2.75. The number of aromatic nitrogens is 1. The Hall–Kier alpha value is -2.85. The van der Waals surface area contributed by atoms with Crippen LogP contribution >= 0.6 is 55.1 Å². The van der Waals surface area contributed by atoms with Crippen LogP contribution in [0.3, 0.4) is 0 Å². The number of carbonyl (C=O) groups excluding carboxylic acids is 3. The highest BCUT2D eigenvalue weighted by Crippen LogP contribution is 2.27. The first-order valence-electron chi connectivity index (χ1n) is 9.67. The molecule has 3 N–H and O–H groups in total. The van der Waals surface area contributed by atoms with Crippen molar-refractivity contribution < 1.29 is 14.4 Å². The quantitative estimate of drug-likeness (QED) is 0.228. The zero-order chi connectivity index (χ0) is 24.4. The van der Waals surface area contributed by atoms with E-state index in [0.29, 0.717) is 21.6 Å². The number of fused-ring (bicyclic) bond motifs is 1. The number of para-hydroxylation sites is 1. The summed E-state index contributed by atoms with van der Waals surface area (Å²) in [5.74, 6) is -2.48. The molecule has 1 heterocycles. The summed E-state index contributed by atoms with van der Waals surface area (Å²) in [4.78, 5) is 38.4. The molecule has 0 atom stereocenters. The maximum atomic E-state index is 13.1. The monoisotopic (exact) mass is 622 g/mol. The Labute approximate surface area is 220 Å².